The van der Waals surface area contributed by atoms with Crippen LogP contribution in [0.15, 0.2) is 16.7 Å². The molecule has 1 aromatic heterocycles. The number of hydrogen-bond donors (Lipinski definition) is 1. The van der Waals surface area contributed by atoms with Crippen LogP contribution in [0.4, 0.5) is 11.5 Å². The summed E-state index contributed by atoms with van der Waals surface area (Å²) in [5, 5.41) is 0. The lowest BCUT2D eigenvalue weighted by atomic mass is 10.3. The van der Waals surface area contributed by atoms with Gasteiger partial charge in [-0.05, 0) is 35.8 Å². The van der Waals surface area contributed by atoms with Gasteiger partial charge in [-0.15, -0.1) is 0 Å². The fourth-order valence-electron chi connectivity index (χ4n) is 1.64. The van der Waals surface area contributed by atoms with E-state index in [2.05, 4.69) is 25.8 Å². The van der Waals surface area contributed by atoms with E-state index in [1.165, 1.54) is 0 Å². The summed E-state index contributed by atoms with van der Waals surface area (Å²) in [6, 6.07) is 1.86. The number of nitrogens with two attached hydrogens (primary N) is 1. The highest BCUT2D eigenvalue weighted by Crippen LogP contribution is 2.25. The third-order valence-corrected chi connectivity index (χ3v) is 3.15. The van der Waals surface area contributed by atoms with Crippen molar-refractivity contribution < 1.29 is 9.47 Å². The molecule has 0 radical (unpaired) electrons. The molecule has 0 aromatic carbocycles. The number of aromatic nitrogens is 1. The molecule has 108 valence electrons. The molecule has 0 saturated heterocycles. The first-order chi connectivity index (χ1) is 9.19. The molecule has 5 nitrogen and oxygen atoms in total. The molecule has 1 rings (SSSR count). The van der Waals surface area contributed by atoms with Crippen LogP contribution in [0.2, 0.25) is 0 Å². The van der Waals surface area contributed by atoms with Gasteiger partial charge in [0.25, 0.3) is 0 Å². The highest BCUT2D eigenvalue weighted by Gasteiger charge is 2.11. The fraction of sp³-hybridized carbons (Fsp3) is 0.615. The summed E-state index contributed by atoms with van der Waals surface area (Å²) in [6.07, 6.45) is 1.66. The maximum Gasteiger partial charge on any atom is 0.143 e. The largest absolute Gasteiger partial charge is 0.397 e. The van der Waals surface area contributed by atoms with Crippen molar-refractivity contribution in [3.05, 3.63) is 16.7 Å². The first-order valence-electron chi connectivity index (χ1n) is 6.50. The van der Waals surface area contributed by atoms with Crippen molar-refractivity contribution in [2.45, 2.75) is 13.8 Å². The second-order valence-corrected chi connectivity index (χ2v) is 4.81. The Hall–Kier alpha value is -0.850. The van der Waals surface area contributed by atoms with Crippen molar-refractivity contribution in [1.29, 1.82) is 0 Å². The summed E-state index contributed by atoms with van der Waals surface area (Å²) in [5.74, 6) is 0.869. The van der Waals surface area contributed by atoms with Crippen molar-refractivity contribution >= 4 is 27.4 Å². The zero-order valence-corrected chi connectivity index (χ0v) is 13.1. The van der Waals surface area contributed by atoms with E-state index in [1.54, 1.807) is 6.20 Å². The van der Waals surface area contributed by atoms with Crippen molar-refractivity contribution in [1.82, 2.24) is 4.98 Å². The van der Waals surface area contributed by atoms with Gasteiger partial charge in [-0.25, -0.2) is 4.98 Å². The minimum Gasteiger partial charge on any atom is -0.397 e. The fourth-order valence-corrected chi connectivity index (χ4v) is 2.26. The average molecular weight is 332 g/mol. The zero-order valence-electron chi connectivity index (χ0n) is 11.6. The van der Waals surface area contributed by atoms with Gasteiger partial charge in [0.15, 0.2) is 0 Å². The molecule has 2 N–H and O–H groups in total. The highest BCUT2D eigenvalue weighted by atomic mass is 79.9. The molecule has 0 spiro atoms. The standard InChI is InChI=1S/C13H22BrN3O2/c1-3-18-7-5-17(6-8-19-4-2)13-12(14)9-11(15)10-16-13/h9-10H,3-8,15H2,1-2H3. The summed E-state index contributed by atoms with van der Waals surface area (Å²) in [6.45, 7) is 8.30. The molecular formula is C13H22BrN3O2. The summed E-state index contributed by atoms with van der Waals surface area (Å²) in [5.41, 5.74) is 6.35. The van der Waals surface area contributed by atoms with Crippen molar-refractivity contribution in [2.24, 2.45) is 0 Å². The minimum atomic E-state index is 0.644. The third kappa shape index (κ3) is 5.76. The Bertz CT molecular complexity index is 367. The lowest BCUT2D eigenvalue weighted by molar-refractivity contribution is 0.141. The van der Waals surface area contributed by atoms with E-state index in [1.807, 2.05) is 19.9 Å². The monoisotopic (exact) mass is 331 g/mol. The SMILES string of the molecule is CCOCCN(CCOCC)c1ncc(N)cc1Br. The summed E-state index contributed by atoms with van der Waals surface area (Å²) in [4.78, 5) is 6.51. The van der Waals surface area contributed by atoms with Crippen LogP contribution in [0.3, 0.4) is 0 Å². The van der Waals surface area contributed by atoms with Crippen LogP contribution in [0.25, 0.3) is 0 Å². The third-order valence-electron chi connectivity index (χ3n) is 2.56. The van der Waals surface area contributed by atoms with Crippen LogP contribution in [0.1, 0.15) is 13.8 Å². The van der Waals surface area contributed by atoms with E-state index in [0.717, 1.165) is 36.6 Å². The molecule has 1 heterocycles. The smallest absolute Gasteiger partial charge is 0.143 e. The summed E-state index contributed by atoms with van der Waals surface area (Å²) >= 11 is 3.50. The predicted molar refractivity (Wildman–Crippen MR) is 81.5 cm³/mol. The maximum absolute atomic E-state index is 5.71. The van der Waals surface area contributed by atoms with Crippen LogP contribution in [0.5, 0.6) is 0 Å². The average Bonchev–Trinajstić information content (AvgIpc) is 2.38. The molecule has 6 heteroatoms. The van der Waals surface area contributed by atoms with Gasteiger partial charge < -0.3 is 20.1 Å². The zero-order chi connectivity index (χ0) is 14.1. The quantitative estimate of drug-likeness (QED) is 0.703. The van der Waals surface area contributed by atoms with Gasteiger partial charge in [-0.2, -0.15) is 0 Å². The molecule has 0 bridgehead atoms. The molecule has 0 aliphatic carbocycles. The van der Waals surface area contributed by atoms with Gasteiger partial charge in [-0.3, -0.25) is 0 Å². The number of rotatable bonds is 9. The van der Waals surface area contributed by atoms with E-state index in [9.17, 15) is 0 Å². The van der Waals surface area contributed by atoms with Crippen LogP contribution in [-0.4, -0.2) is 44.5 Å². The number of nitrogen functional groups attached to an aromatic ring is 1. The first-order valence-corrected chi connectivity index (χ1v) is 7.29. The minimum absolute atomic E-state index is 0.644. The predicted octanol–water partition coefficient (Wildman–Crippen LogP) is 2.31. The second-order valence-electron chi connectivity index (χ2n) is 3.95. The Morgan fingerprint density at radius 2 is 1.79 bits per heavy atom. The Labute approximate surface area is 123 Å². The molecule has 0 atom stereocenters. The Kier molecular flexibility index (Phi) is 7.78. The topological polar surface area (TPSA) is 60.6 Å². The molecule has 0 aliphatic rings. The van der Waals surface area contributed by atoms with Gasteiger partial charge in [-0.1, -0.05) is 0 Å². The van der Waals surface area contributed by atoms with Crippen molar-refractivity contribution in [3.8, 4) is 0 Å². The van der Waals surface area contributed by atoms with E-state index < -0.39 is 0 Å². The van der Waals surface area contributed by atoms with Gasteiger partial charge in [0.2, 0.25) is 0 Å². The number of hydrogen-bond acceptors (Lipinski definition) is 5. The molecular weight excluding hydrogens is 310 g/mol. The lowest BCUT2D eigenvalue weighted by Gasteiger charge is -2.24. The Morgan fingerprint density at radius 3 is 2.26 bits per heavy atom. The molecule has 0 fully saturated rings. The number of pyridine rings is 1. The van der Waals surface area contributed by atoms with Crippen LogP contribution < -0.4 is 10.6 Å². The van der Waals surface area contributed by atoms with Crippen LogP contribution >= 0.6 is 15.9 Å². The van der Waals surface area contributed by atoms with Gasteiger partial charge >= 0.3 is 0 Å². The number of anilines is 2. The second kappa shape index (κ2) is 9.12. The highest BCUT2D eigenvalue weighted by molar-refractivity contribution is 9.10. The van der Waals surface area contributed by atoms with E-state index in [0.29, 0.717) is 18.9 Å². The van der Waals surface area contributed by atoms with Gasteiger partial charge in [0.05, 0.1) is 29.6 Å². The Balaban J connectivity index is 2.69. The Morgan fingerprint density at radius 1 is 1.21 bits per heavy atom. The number of nitrogens with zero attached hydrogens (tertiary/aromatic N) is 2. The lowest BCUT2D eigenvalue weighted by Crippen LogP contribution is -2.32. The molecule has 1 aromatic rings. The molecule has 0 saturated carbocycles. The first kappa shape index (κ1) is 16.2. The molecule has 0 aliphatic heterocycles. The maximum atomic E-state index is 5.71. The van der Waals surface area contributed by atoms with Crippen LogP contribution in [-0.2, 0) is 9.47 Å². The normalized spacial score (nSPS) is 10.7. The van der Waals surface area contributed by atoms with E-state index in [-0.39, 0.29) is 0 Å². The van der Waals surface area contributed by atoms with Crippen molar-refractivity contribution in [3.63, 3.8) is 0 Å². The van der Waals surface area contributed by atoms with E-state index >= 15 is 0 Å². The molecule has 0 amide bonds. The van der Waals surface area contributed by atoms with Gasteiger partial charge in [0.1, 0.15) is 5.82 Å². The van der Waals surface area contributed by atoms with Crippen molar-refractivity contribution in [2.75, 3.05) is 50.2 Å². The van der Waals surface area contributed by atoms with E-state index in [4.69, 9.17) is 15.2 Å². The summed E-state index contributed by atoms with van der Waals surface area (Å²) < 4.78 is 11.7. The van der Waals surface area contributed by atoms with Crippen LogP contribution in [0, 0.1) is 0 Å². The number of halogens is 1. The molecule has 19 heavy (non-hydrogen) atoms. The number of ether oxygens (including phenoxy) is 2. The summed E-state index contributed by atoms with van der Waals surface area (Å²) in [7, 11) is 0. The van der Waals surface area contributed by atoms with Gasteiger partial charge in [0, 0.05) is 26.3 Å². The molecule has 0 unspecified atom stereocenters.